The van der Waals surface area contributed by atoms with Crippen molar-refractivity contribution in [1.29, 1.82) is 5.26 Å². The van der Waals surface area contributed by atoms with Crippen molar-refractivity contribution in [2.75, 3.05) is 12.4 Å². The molecule has 26 heavy (non-hydrogen) atoms. The van der Waals surface area contributed by atoms with E-state index in [0.29, 0.717) is 11.3 Å². The highest BCUT2D eigenvalue weighted by Gasteiger charge is 2.25. The zero-order valence-corrected chi connectivity index (χ0v) is 15.3. The number of nitrogens with one attached hydrogen (secondary N) is 2. The number of amides is 2. The number of esters is 1. The van der Waals surface area contributed by atoms with Gasteiger partial charge in [0.2, 0.25) is 5.91 Å². The monoisotopic (exact) mass is 361 g/mol. The van der Waals surface area contributed by atoms with Crippen molar-refractivity contribution in [3.63, 3.8) is 0 Å². The second-order valence-corrected chi connectivity index (χ2v) is 6.50. The van der Waals surface area contributed by atoms with Gasteiger partial charge in [0.1, 0.15) is 11.6 Å². The Morgan fingerprint density at radius 3 is 2.31 bits per heavy atom. The first-order valence-corrected chi connectivity index (χ1v) is 8.02. The van der Waals surface area contributed by atoms with E-state index < -0.39 is 23.7 Å². The Labute approximate surface area is 152 Å². The summed E-state index contributed by atoms with van der Waals surface area (Å²) in [6.07, 6.45) is -0.732. The number of methoxy groups -OCH3 is 1. The number of rotatable bonds is 6. The van der Waals surface area contributed by atoms with Crippen LogP contribution in [0.3, 0.4) is 0 Å². The van der Waals surface area contributed by atoms with Gasteiger partial charge in [0.05, 0.1) is 18.7 Å². The summed E-state index contributed by atoms with van der Waals surface area (Å²) >= 11 is 0. The Hall–Kier alpha value is -3.08. The van der Waals surface area contributed by atoms with Gasteiger partial charge in [-0.05, 0) is 51.5 Å². The van der Waals surface area contributed by atoms with Crippen LogP contribution in [0.15, 0.2) is 24.3 Å². The Bertz CT molecular complexity index is 686. The first kappa shape index (κ1) is 21.0. The highest BCUT2D eigenvalue weighted by Crippen LogP contribution is 2.11. The first-order chi connectivity index (χ1) is 12.1. The standard InChI is InChI=1S/C18H23N3O5/c1-18(2,3)26-17(24)21-14(16(23)25-4)9-10-15(22)20-13-7-5-12(11-19)6-8-13/h5-8,14H,9-10H2,1-4H3,(H,20,22)(H,21,24)/t14-/m0/s1. The quantitative estimate of drug-likeness (QED) is 0.751. The molecule has 1 aromatic rings. The minimum Gasteiger partial charge on any atom is -0.467 e. The number of hydrogen-bond acceptors (Lipinski definition) is 6. The topological polar surface area (TPSA) is 118 Å². The number of nitrogens with zero attached hydrogens (tertiary/aromatic N) is 1. The molecule has 0 saturated carbocycles. The average Bonchev–Trinajstić information content (AvgIpc) is 2.57. The fourth-order valence-corrected chi connectivity index (χ4v) is 1.97. The van der Waals surface area contributed by atoms with Crippen molar-refractivity contribution in [2.24, 2.45) is 0 Å². The Morgan fingerprint density at radius 2 is 1.81 bits per heavy atom. The van der Waals surface area contributed by atoms with Crippen molar-refractivity contribution in [2.45, 2.75) is 45.3 Å². The van der Waals surface area contributed by atoms with Crippen molar-refractivity contribution in [1.82, 2.24) is 5.32 Å². The van der Waals surface area contributed by atoms with Crippen LogP contribution in [0.2, 0.25) is 0 Å². The molecule has 1 rings (SSSR count). The van der Waals surface area contributed by atoms with Crippen LogP contribution in [0.4, 0.5) is 10.5 Å². The Morgan fingerprint density at radius 1 is 1.19 bits per heavy atom. The van der Waals surface area contributed by atoms with E-state index in [-0.39, 0.29) is 18.7 Å². The molecule has 140 valence electrons. The third-order valence-electron chi connectivity index (χ3n) is 3.13. The van der Waals surface area contributed by atoms with Gasteiger partial charge in [-0.1, -0.05) is 0 Å². The SMILES string of the molecule is COC(=O)[C@H](CCC(=O)Nc1ccc(C#N)cc1)NC(=O)OC(C)(C)C. The summed E-state index contributed by atoms with van der Waals surface area (Å²) in [7, 11) is 1.20. The molecule has 0 radical (unpaired) electrons. The number of ether oxygens (including phenoxy) is 2. The van der Waals surface area contributed by atoms with E-state index in [2.05, 4.69) is 15.4 Å². The molecule has 1 aromatic carbocycles. The van der Waals surface area contributed by atoms with Gasteiger partial charge in [-0.2, -0.15) is 5.26 Å². The summed E-state index contributed by atoms with van der Waals surface area (Å²) in [6.45, 7) is 5.10. The number of carbonyl (C=O) groups excluding carboxylic acids is 3. The maximum Gasteiger partial charge on any atom is 0.408 e. The van der Waals surface area contributed by atoms with Gasteiger partial charge in [0.25, 0.3) is 0 Å². The van der Waals surface area contributed by atoms with Crippen molar-refractivity contribution in [3.8, 4) is 6.07 Å². The Kier molecular flexibility index (Phi) is 7.59. The lowest BCUT2D eigenvalue weighted by Gasteiger charge is -2.22. The third kappa shape index (κ3) is 7.66. The molecule has 0 spiro atoms. The smallest absolute Gasteiger partial charge is 0.408 e. The molecule has 0 fully saturated rings. The molecular weight excluding hydrogens is 338 g/mol. The van der Waals surface area contributed by atoms with E-state index in [1.54, 1.807) is 45.0 Å². The molecule has 0 aliphatic carbocycles. The van der Waals surface area contributed by atoms with E-state index >= 15 is 0 Å². The van der Waals surface area contributed by atoms with E-state index in [0.717, 1.165) is 0 Å². The average molecular weight is 361 g/mol. The van der Waals surface area contributed by atoms with Crippen LogP contribution in [0, 0.1) is 11.3 Å². The maximum absolute atomic E-state index is 12.0. The molecule has 0 unspecified atom stereocenters. The largest absolute Gasteiger partial charge is 0.467 e. The van der Waals surface area contributed by atoms with Crippen molar-refractivity contribution in [3.05, 3.63) is 29.8 Å². The van der Waals surface area contributed by atoms with E-state index in [4.69, 9.17) is 10.00 Å². The molecule has 1 atom stereocenters. The fourth-order valence-electron chi connectivity index (χ4n) is 1.97. The van der Waals surface area contributed by atoms with E-state index in [1.807, 2.05) is 6.07 Å². The van der Waals surface area contributed by atoms with Gasteiger partial charge in [-0.15, -0.1) is 0 Å². The lowest BCUT2D eigenvalue weighted by Crippen LogP contribution is -2.44. The van der Waals surface area contributed by atoms with Crippen LogP contribution in [0.5, 0.6) is 0 Å². The molecule has 2 N–H and O–H groups in total. The summed E-state index contributed by atoms with van der Waals surface area (Å²) in [5.41, 5.74) is 0.302. The Balaban J connectivity index is 2.59. The molecule has 0 heterocycles. The lowest BCUT2D eigenvalue weighted by atomic mass is 10.1. The van der Waals surface area contributed by atoms with Crippen LogP contribution in [-0.4, -0.2) is 36.7 Å². The normalized spacial score (nSPS) is 11.7. The van der Waals surface area contributed by atoms with Crippen LogP contribution in [0.1, 0.15) is 39.2 Å². The first-order valence-electron chi connectivity index (χ1n) is 8.02. The fraction of sp³-hybridized carbons (Fsp3) is 0.444. The summed E-state index contributed by atoms with van der Waals surface area (Å²) in [5, 5.41) is 13.8. The summed E-state index contributed by atoms with van der Waals surface area (Å²) in [4.78, 5) is 35.6. The zero-order chi connectivity index (χ0) is 19.7. The molecule has 0 aromatic heterocycles. The number of hydrogen-bond donors (Lipinski definition) is 2. The van der Waals surface area contributed by atoms with Gasteiger partial charge in [-0.3, -0.25) is 4.79 Å². The van der Waals surface area contributed by atoms with Gasteiger partial charge in [0.15, 0.2) is 0 Å². The van der Waals surface area contributed by atoms with E-state index in [9.17, 15) is 14.4 Å². The molecule has 0 aliphatic rings. The number of benzene rings is 1. The highest BCUT2D eigenvalue weighted by molar-refractivity contribution is 5.91. The van der Waals surface area contributed by atoms with Crippen LogP contribution in [0.25, 0.3) is 0 Å². The van der Waals surface area contributed by atoms with Gasteiger partial charge >= 0.3 is 12.1 Å². The molecule has 8 nitrogen and oxygen atoms in total. The number of alkyl carbamates (subject to hydrolysis) is 1. The number of carbonyl (C=O) groups is 3. The molecule has 8 heteroatoms. The molecule has 0 aliphatic heterocycles. The van der Waals surface area contributed by atoms with Crippen molar-refractivity contribution < 1.29 is 23.9 Å². The second kappa shape index (κ2) is 9.42. The number of anilines is 1. The third-order valence-corrected chi connectivity index (χ3v) is 3.13. The maximum atomic E-state index is 12.0. The van der Waals surface area contributed by atoms with Gasteiger partial charge < -0.3 is 20.1 Å². The zero-order valence-electron chi connectivity index (χ0n) is 15.3. The van der Waals surface area contributed by atoms with E-state index in [1.165, 1.54) is 7.11 Å². The van der Waals surface area contributed by atoms with Crippen LogP contribution in [-0.2, 0) is 19.1 Å². The minimum absolute atomic E-state index is 0.0183. The lowest BCUT2D eigenvalue weighted by molar-refractivity contribution is -0.143. The molecular formula is C18H23N3O5. The number of nitriles is 1. The van der Waals surface area contributed by atoms with Crippen LogP contribution < -0.4 is 10.6 Å². The van der Waals surface area contributed by atoms with Crippen LogP contribution >= 0.6 is 0 Å². The van der Waals surface area contributed by atoms with Gasteiger partial charge in [0, 0.05) is 12.1 Å². The minimum atomic E-state index is -0.999. The van der Waals surface area contributed by atoms with Gasteiger partial charge in [-0.25, -0.2) is 9.59 Å². The molecule has 2 amide bonds. The molecule has 0 bridgehead atoms. The summed E-state index contributed by atoms with van der Waals surface area (Å²) < 4.78 is 9.75. The predicted molar refractivity (Wildman–Crippen MR) is 94.2 cm³/mol. The second-order valence-electron chi connectivity index (χ2n) is 6.50. The summed E-state index contributed by atoms with van der Waals surface area (Å²) in [5.74, 6) is -1.00. The highest BCUT2D eigenvalue weighted by atomic mass is 16.6. The predicted octanol–water partition coefficient (Wildman–Crippen LogP) is 2.34. The molecule has 0 saturated heterocycles. The van der Waals surface area contributed by atoms with Crippen molar-refractivity contribution >= 4 is 23.7 Å². The summed E-state index contributed by atoms with van der Waals surface area (Å²) in [6, 6.07) is 7.36.